The summed E-state index contributed by atoms with van der Waals surface area (Å²) in [5.74, 6) is 0.452. The third-order valence-electron chi connectivity index (χ3n) is 14.2. The van der Waals surface area contributed by atoms with Gasteiger partial charge in [-0.25, -0.2) is 0 Å². The summed E-state index contributed by atoms with van der Waals surface area (Å²) in [5, 5.41) is 19.2. The van der Waals surface area contributed by atoms with Crippen LogP contribution in [-0.4, -0.2) is 84.3 Å². The van der Waals surface area contributed by atoms with Crippen LogP contribution in [0.25, 0.3) is 0 Å². The van der Waals surface area contributed by atoms with Crippen molar-refractivity contribution < 1.29 is 57.9 Å². The zero-order chi connectivity index (χ0) is 38.6. The van der Waals surface area contributed by atoms with Gasteiger partial charge >= 0.3 is 23.9 Å². The molecule has 0 amide bonds. The van der Waals surface area contributed by atoms with E-state index in [4.69, 9.17) is 18.9 Å². The van der Waals surface area contributed by atoms with Gasteiger partial charge in [0.25, 0.3) is 0 Å². The lowest BCUT2D eigenvalue weighted by molar-refractivity contribution is -0.151. The molecule has 0 radical (unpaired) electrons. The molecule has 12 nitrogen and oxygen atoms in total. The number of aliphatic hydroxyl groups excluding tert-OH is 2. The lowest BCUT2D eigenvalue weighted by Gasteiger charge is -2.16. The van der Waals surface area contributed by atoms with E-state index in [-0.39, 0.29) is 105 Å². The second-order valence-corrected chi connectivity index (χ2v) is 17.3. The van der Waals surface area contributed by atoms with Crippen LogP contribution in [0.2, 0.25) is 0 Å². The Hall–Kier alpha value is -2.86. The molecular weight excluding hydrogens is 672 g/mol. The third-order valence-corrected chi connectivity index (χ3v) is 14.2. The smallest absolute Gasteiger partial charge is 0.309 e. The number of carbonyl (C=O) groups excluding carboxylic acids is 6. The number of hydrogen-bond donors (Lipinski definition) is 2. The van der Waals surface area contributed by atoms with Gasteiger partial charge in [0.15, 0.2) is 0 Å². The predicted molar refractivity (Wildman–Crippen MR) is 186 cm³/mol. The molecule has 0 spiro atoms. The fourth-order valence-electron chi connectivity index (χ4n) is 10.2. The molecule has 0 aliphatic heterocycles. The SMILES string of the molecule is CCOC(=O)[C@@H]1CC(=O)[C@@H]2C[C@@]21C.CCOC(=O)[C@@H]1C[C@H](O)[C@@H]2C[C@]12C.CCOC(=O)[C@H]1CC(=O)[C@H]2C[C@]21C.CCOC(=O)[C@H]1C[C@@H](O)[C@H]2C[C@@]12C. The number of fused-ring (bicyclic) bond motifs is 4. The van der Waals surface area contributed by atoms with E-state index in [0.29, 0.717) is 63.9 Å². The highest BCUT2D eigenvalue weighted by Gasteiger charge is 2.69. The van der Waals surface area contributed by atoms with E-state index >= 15 is 0 Å². The summed E-state index contributed by atoms with van der Waals surface area (Å²) in [6.07, 6.45) is 5.18. The molecule has 12 heteroatoms. The molecule has 0 bridgehead atoms. The topological polar surface area (TPSA) is 180 Å². The quantitative estimate of drug-likeness (QED) is 0.268. The number of aliphatic hydroxyl groups is 2. The Kier molecular flexibility index (Phi) is 11.4. The van der Waals surface area contributed by atoms with Crippen molar-refractivity contribution in [1.29, 1.82) is 0 Å². The Labute approximate surface area is 307 Å². The summed E-state index contributed by atoms with van der Waals surface area (Å²) in [4.78, 5) is 68.6. The van der Waals surface area contributed by atoms with Crippen molar-refractivity contribution in [2.24, 2.45) is 69.0 Å². The van der Waals surface area contributed by atoms with Gasteiger partial charge in [-0.05, 0) is 99.7 Å². The minimum absolute atomic E-state index is 0.0473. The number of carbonyl (C=O) groups is 6. The molecular formula is C40H60O12. The molecule has 292 valence electrons. The molecule has 0 aromatic carbocycles. The maximum absolute atomic E-state index is 11.5. The molecule has 14 atom stereocenters. The first-order chi connectivity index (χ1) is 24.4. The summed E-state index contributed by atoms with van der Waals surface area (Å²) in [6, 6.07) is 0. The zero-order valence-electron chi connectivity index (χ0n) is 32.2. The molecule has 2 N–H and O–H groups in total. The summed E-state index contributed by atoms with van der Waals surface area (Å²) in [7, 11) is 0. The van der Waals surface area contributed by atoms with Gasteiger partial charge in [0.05, 0.1) is 62.3 Å². The van der Waals surface area contributed by atoms with Gasteiger partial charge < -0.3 is 29.2 Å². The lowest BCUT2D eigenvalue weighted by atomic mass is 9.92. The fraction of sp³-hybridized carbons (Fsp3) is 0.850. The minimum Gasteiger partial charge on any atom is -0.466 e. The van der Waals surface area contributed by atoms with Gasteiger partial charge in [0, 0.05) is 24.7 Å². The van der Waals surface area contributed by atoms with Crippen LogP contribution < -0.4 is 0 Å². The van der Waals surface area contributed by atoms with Crippen LogP contribution in [0.15, 0.2) is 0 Å². The highest BCUT2D eigenvalue weighted by atomic mass is 16.5. The number of rotatable bonds is 8. The largest absolute Gasteiger partial charge is 0.466 e. The first kappa shape index (κ1) is 40.3. The van der Waals surface area contributed by atoms with Gasteiger partial charge in [-0.15, -0.1) is 0 Å². The van der Waals surface area contributed by atoms with E-state index in [2.05, 4.69) is 13.8 Å². The molecule has 8 rings (SSSR count). The molecule has 8 saturated carbocycles. The summed E-state index contributed by atoms with van der Waals surface area (Å²) in [5.41, 5.74) is -0.00991. The average Bonchev–Trinajstić information content (AvgIpc) is 4.04. The van der Waals surface area contributed by atoms with Gasteiger partial charge in [-0.2, -0.15) is 0 Å². The van der Waals surface area contributed by atoms with Crippen LogP contribution in [0, 0.1) is 69.0 Å². The van der Waals surface area contributed by atoms with Gasteiger partial charge in [0.2, 0.25) is 0 Å². The minimum atomic E-state index is -0.278. The number of esters is 4. The second kappa shape index (κ2) is 14.8. The van der Waals surface area contributed by atoms with E-state index in [1.807, 2.05) is 27.7 Å². The standard InChI is InChI=1S/2C10H16O3.2C10H14O3/c4*1-3-13-9(12)6-4-8(11)7-5-10(6,7)2/h2*6-8,11H,3-5H2,1-2H3;2*6-7H,3-5H2,1-2H3/t2*6-,7-,8-,10+;2*6-,7-,10+/m1010/s1. The van der Waals surface area contributed by atoms with E-state index in [9.17, 15) is 39.0 Å². The van der Waals surface area contributed by atoms with E-state index in [1.54, 1.807) is 13.8 Å². The van der Waals surface area contributed by atoms with Crippen molar-refractivity contribution in [3.63, 3.8) is 0 Å². The summed E-state index contributed by atoms with van der Waals surface area (Å²) < 4.78 is 19.9. The number of hydrogen-bond acceptors (Lipinski definition) is 12. The normalized spacial score (nSPS) is 44.3. The molecule has 0 saturated heterocycles. The van der Waals surface area contributed by atoms with Crippen LogP contribution in [0.4, 0.5) is 0 Å². The Morgan fingerprint density at radius 2 is 0.808 bits per heavy atom. The van der Waals surface area contributed by atoms with Crippen molar-refractivity contribution in [3.05, 3.63) is 0 Å². The first-order valence-electron chi connectivity index (χ1n) is 19.5. The maximum atomic E-state index is 11.5. The Morgan fingerprint density at radius 1 is 0.519 bits per heavy atom. The van der Waals surface area contributed by atoms with E-state index in [1.165, 1.54) is 0 Å². The predicted octanol–water partition coefficient (Wildman–Crippen LogP) is 4.24. The average molecular weight is 733 g/mol. The van der Waals surface area contributed by atoms with Crippen LogP contribution in [0.1, 0.15) is 107 Å². The highest BCUT2D eigenvalue weighted by Crippen LogP contribution is 2.68. The fourth-order valence-corrected chi connectivity index (χ4v) is 10.2. The Bertz CT molecular complexity index is 1340. The summed E-state index contributed by atoms with van der Waals surface area (Å²) in [6.45, 7) is 17.1. The van der Waals surface area contributed by atoms with Gasteiger partial charge in [0.1, 0.15) is 11.6 Å². The van der Waals surface area contributed by atoms with Crippen molar-refractivity contribution in [3.8, 4) is 0 Å². The number of ether oxygens (including phenoxy) is 4. The highest BCUT2D eigenvalue weighted by molar-refractivity contribution is 5.95. The van der Waals surface area contributed by atoms with Gasteiger partial charge in [-0.1, -0.05) is 27.7 Å². The van der Waals surface area contributed by atoms with Crippen molar-refractivity contribution in [1.82, 2.24) is 0 Å². The van der Waals surface area contributed by atoms with E-state index < -0.39 is 0 Å². The molecule has 0 aromatic rings. The molecule has 8 aliphatic rings. The van der Waals surface area contributed by atoms with Crippen LogP contribution in [-0.2, 0) is 47.7 Å². The van der Waals surface area contributed by atoms with Crippen molar-refractivity contribution in [2.45, 2.75) is 119 Å². The zero-order valence-corrected chi connectivity index (χ0v) is 32.2. The monoisotopic (exact) mass is 732 g/mol. The lowest BCUT2D eigenvalue weighted by Crippen LogP contribution is -2.23. The summed E-state index contributed by atoms with van der Waals surface area (Å²) >= 11 is 0. The van der Waals surface area contributed by atoms with Crippen LogP contribution >= 0.6 is 0 Å². The maximum Gasteiger partial charge on any atom is 0.309 e. The number of Topliss-reactive ketones (excluding diaryl/α,β-unsaturated/α-hetero) is 2. The molecule has 52 heavy (non-hydrogen) atoms. The molecule has 0 aromatic heterocycles. The Balaban J connectivity index is 0.000000134. The molecule has 8 aliphatic carbocycles. The number of ketones is 2. The van der Waals surface area contributed by atoms with Gasteiger partial charge in [-0.3, -0.25) is 28.8 Å². The molecule has 0 heterocycles. The van der Waals surface area contributed by atoms with Crippen LogP contribution in [0.3, 0.4) is 0 Å². The molecule has 8 fully saturated rings. The third kappa shape index (κ3) is 7.31. The van der Waals surface area contributed by atoms with Crippen LogP contribution in [0.5, 0.6) is 0 Å². The van der Waals surface area contributed by atoms with Crippen molar-refractivity contribution in [2.75, 3.05) is 26.4 Å². The second-order valence-electron chi connectivity index (χ2n) is 17.3. The first-order valence-corrected chi connectivity index (χ1v) is 19.5. The molecule has 0 unspecified atom stereocenters. The van der Waals surface area contributed by atoms with Crippen molar-refractivity contribution >= 4 is 35.4 Å². The van der Waals surface area contributed by atoms with E-state index in [0.717, 1.165) is 25.7 Å². The Morgan fingerprint density at radius 3 is 0.981 bits per heavy atom.